The fourth-order valence-electron chi connectivity index (χ4n) is 7.48. The lowest BCUT2D eigenvalue weighted by atomic mass is 9.46. The van der Waals surface area contributed by atoms with Gasteiger partial charge in [-0.3, -0.25) is 4.79 Å². The summed E-state index contributed by atoms with van der Waals surface area (Å²) < 4.78 is 0. The number of hydrogen-bond acceptors (Lipinski definition) is 2. The number of aliphatic hydroxyl groups is 1. The molecule has 2 unspecified atom stereocenters. The molecule has 0 saturated heterocycles. The second-order valence-electron chi connectivity index (χ2n) is 9.17. The van der Waals surface area contributed by atoms with Gasteiger partial charge in [0.25, 0.3) is 0 Å². The summed E-state index contributed by atoms with van der Waals surface area (Å²) in [6, 6.07) is 0. The molecule has 1 spiro atoms. The second-order valence-corrected chi connectivity index (χ2v) is 9.55. The Balaban J connectivity index is 1.60. The number of fused-ring (bicyclic) bond motifs is 3. The molecule has 0 amide bonds. The summed E-state index contributed by atoms with van der Waals surface area (Å²) in [6.07, 6.45) is 10.4. The number of halogens is 1. The van der Waals surface area contributed by atoms with Crippen LogP contribution < -0.4 is 0 Å². The SMILES string of the molecule is C[C@]12C=CC(=O)C(Cl)=C1CCC1C2CC[C@]2(C)[C@H](O)C[C@@H]3C[C@@]132. The van der Waals surface area contributed by atoms with Crippen molar-refractivity contribution in [3.63, 3.8) is 0 Å². The molecule has 2 nitrogen and oxygen atoms in total. The van der Waals surface area contributed by atoms with Crippen LogP contribution in [0.3, 0.4) is 0 Å². The zero-order valence-corrected chi connectivity index (χ0v) is 14.7. The van der Waals surface area contributed by atoms with Crippen LogP contribution in [0.25, 0.3) is 0 Å². The molecule has 0 aromatic rings. The molecule has 0 aromatic carbocycles. The van der Waals surface area contributed by atoms with Gasteiger partial charge in [0.1, 0.15) is 0 Å². The van der Waals surface area contributed by atoms with Crippen LogP contribution in [0.4, 0.5) is 0 Å². The fraction of sp³-hybridized carbons (Fsp3) is 0.750. The lowest BCUT2D eigenvalue weighted by Crippen LogP contribution is -2.53. The lowest BCUT2D eigenvalue weighted by Gasteiger charge is -2.58. The number of aliphatic hydroxyl groups excluding tert-OH is 1. The number of carbonyl (C=O) groups is 1. The molecule has 4 saturated carbocycles. The van der Waals surface area contributed by atoms with Crippen LogP contribution in [0.2, 0.25) is 0 Å². The Labute approximate surface area is 143 Å². The van der Waals surface area contributed by atoms with Crippen molar-refractivity contribution in [2.45, 2.75) is 58.5 Å². The van der Waals surface area contributed by atoms with Crippen LogP contribution in [0.5, 0.6) is 0 Å². The molecule has 124 valence electrons. The molecule has 4 fully saturated rings. The third-order valence-corrected chi connectivity index (χ3v) is 9.18. The number of allylic oxidation sites excluding steroid dienone is 4. The van der Waals surface area contributed by atoms with Crippen molar-refractivity contribution in [3.05, 3.63) is 22.8 Å². The van der Waals surface area contributed by atoms with Gasteiger partial charge in [-0.15, -0.1) is 0 Å². The number of carbonyl (C=O) groups excluding carboxylic acids is 1. The van der Waals surface area contributed by atoms with E-state index >= 15 is 0 Å². The van der Waals surface area contributed by atoms with Crippen molar-refractivity contribution in [1.82, 2.24) is 0 Å². The monoisotopic (exact) mass is 332 g/mol. The van der Waals surface area contributed by atoms with E-state index in [2.05, 4.69) is 19.9 Å². The van der Waals surface area contributed by atoms with E-state index in [1.54, 1.807) is 6.08 Å². The van der Waals surface area contributed by atoms with Crippen LogP contribution in [0, 0.1) is 34.0 Å². The molecule has 5 rings (SSSR count). The molecule has 0 radical (unpaired) electrons. The van der Waals surface area contributed by atoms with Gasteiger partial charge in [-0.05, 0) is 78.8 Å². The maximum atomic E-state index is 12.0. The Morgan fingerprint density at radius 3 is 2.83 bits per heavy atom. The summed E-state index contributed by atoms with van der Waals surface area (Å²) >= 11 is 6.41. The zero-order chi connectivity index (χ0) is 16.2. The van der Waals surface area contributed by atoms with Crippen LogP contribution in [-0.2, 0) is 4.79 Å². The zero-order valence-electron chi connectivity index (χ0n) is 13.9. The second kappa shape index (κ2) is 4.14. The Bertz CT molecular complexity index is 679. The minimum absolute atomic E-state index is 0.0167. The first-order chi connectivity index (χ1) is 10.8. The Kier molecular flexibility index (Phi) is 2.65. The minimum atomic E-state index is -0.112. The van der Waals surface area contributed by atoms with Crippen molar-refractivity contribution >= 4 is 17.4 Å². The summed E-state index contributed by atoms with van der Waals surface area (Å²) in [7, 11) is 0. The highest BCUT2D eigenvalue weighted by Gasteiger charge is 2.77. The van der Waals surface area contributed by atoms with Crippen LogP contribution >= 0.6 is 11.6 Å². The first-order valence-corrected chi connectivity index (χ1v) is 9.53. The molecule has 5 aliphatic carbocycles. The minimum Gasteiger partial charge on any atom is -0.393 e. The number of rotatable bonds is 0. The van der Waals surface area contributed by atoms with Crippen LogP contribution in [-0.4, -0.2) is 17.0 Å². The molecule has 0 bridgehead atoms. The van der Waals surface area contributed by atoms with Crippen molar-refractivity contribution < 1.29 is 9.90 Å². The van der Waals surface area contributed by atoms with Gasteiger partial charge in [0, 0.05) is 5.41 Å². The largest absolute Gasteiger partial charge is 0.393 e. The third kappa shape index (κ3) is 1.46. The van der Waals surface area contributed by atoms with E-state index in [1.165, 1.54) is 12.0 Å². The quantitative estimate of drug-likeness (QED) is 0.721. The summed E-state index contributed by atoms with van der Waals surface area (Å²) in [4.78, 5) is 12.0. The standard InChI is InChI=1S/C20H25ClO2/c1-18-7-6-15(22)17(21)14(18)4-3-13-12(18)5-8-19(2)16(23)9-11-10-20(11,13)19/h6-7,11-13,16,23H,3-5,8-10H2,1-2H3/t11-,12?,13?,16-,18-,19-,20+/m1/s1. The molecule has 5 aliphatic rings. The average molecular weight is 333 g/mol. The molecule has 0 aromatic heterocycles. The average Bonchev–Trinajstić information content (AvgIpc) is 3.17. The number of ketones is 1. The number of hydrogen-bond donors (Lipinski definition) is 1. The topological polar surface area (TPSA) is 37.3 Å². The molecular formula is C20H25ClO2. The first kappa shape index (κ1) is 14.7. The van der Waals surface area contributed by atoms with E-state index < -0.39 is 0 Å². The smallest absolute Gasteiger partial charge is 0.196 e. The maximum absolute atomic E-state index is 12.0. The highest BCUT2D eigenvalue weighted by atomic mass is 35.5. The van der Waals surface area contributed by atoms with Crippen molar-refractivity contribution in [3.8, 4) is 0 Å². The van der Waals surface area contributed by atoms with Gasteiger partial charge >= 0.3 is 0 Å². The molecule has 0 heterocycles. The first-order valence-electron chi connectivity index (χ1n) is 9.15. The normalized spacial score (nSPS) is 56.8. The fourth-order valence-corrected chi connectivity index (χ4v) is 7.85. The van der Waals surface area contributed by atoms with Gasteiger partial charge < -0.3 is 5.11 Å². The predicted molar refractivity (Wildman–Crippen MR) is 89.9 cm³/mol. The molecule has 3 heteroatoms. The molecule has 7 atom stereocenters. The third-order valence-electron chi connectivity index (χ3n) is 8.77. The molecule has 0 aliphatic heterocycles. The van der Waals surface area contributed by atoms with Gasteiger partial charge in [0.05, 0.1) is 11.1 Å². The van der Waals surface area contributed by atoms with Gasteiger partial charge in [-0.2, -0.15) is 0 Å². The van der Waals surface area contributed by atoms with Crippen LogP contribution in [0.1, 0.15) is 52.4 Å². The van der Waals surface area contributed by atoms with Gasteiger partial charge in [0.15, 0.2) is 5.78 Å². The predicted octanol–water partition coefficient (Wildman–Crippen LogP) is 4.22. The van der Waals surface area contributed by atoms with Crippen LogP contribution in [0.15, 0.2) is 22.8 Å². The Hall–Kier alpha value is -0.600. The van der Waals surface area contributed by atoms with Crippen molar-refractivity contribution in [2.24, 2.45) is 34.0 Å². The van der Waals surface area contributed by atoms with Gasteiger partial charge in [-0.25, -0.2) is 0 Å². The summed E-state index contributed by atoms with van der Waals surface area (Å²) in [5.74, 6) is 1.97. The van der Waals surface area contributed by atoms with E-state index in [9.17, 15) is 9.90 Å². The van der Waals surface area contributed by atoms with Gasteiger partial charge in [-0.1, -0.05) is 31.5 Å². The van der Waals surface area contributed by atoms with E-state index in [0.717, 1.165) is 38.0 Å². The van der Waals surface area contributed by atoms with E-state index in [0.29, 0.717) is 22.3 Å². The highest BCUT2D eigenvalue weighted by Crippen LogP contribution is 2.82. The molecule has 1 N–H and O–H groups in total. The van der Waals surface area contributed by atoms with E-state index in [-0.39, 0.29) is 22.7 Å². The van der Waals surface area contributed by atoms with Gasteiger partial charge in [0.2, 0.25) is 0 Å². The van der Waals surface area contributed by atoms with Crippen molar-refractivity contribution in [1.29, 1.82) is 0 Å². The Morgan fingerprint density at radius 1 is 1.26 bits per heavy atom. The molecular weight excluding hydrogens is 308 g/mol. The lowest BCUT2D eigenvalue weighted by molar-refractivity contribution is -0.112. The van der Waals surface area contributed by atoms with E-state index in [1.807, 2.05) is 0 Å². The van der Waals surface area contributed by atoms with E-state index in [4.69, 9.17) is 11.6 Å². The summed E-state index contributed by atoms with van der Waals surface area (Å²) in [6.45, 7) is 4.65. The summed E-state index contributed by atoms with van der Waals surface area (Å²) in [5.41, 5.74) is 1.62. The maximum Gasteiger partial charge on any atom is 0.196 e. The summed E-state index contributed by atoms with van der Waals surface area (Å²) in [5, 5.41) is 11.1. The highest BCUT2D eigenvalue weighted by molar-refractivity contribution is 6.45. The molecule has 23 heavy (non-hydrogen) atoms. The van der Waals surface area contributed by atoms with Crippen molar-refractivity contribution in [2.75, 3.05) is 0 Å². The Morgan fingerprint density at radius 2 is 2.04 bits per heavy atom.